The molecule has 0 aliphatic rings. The Bertz CT molecular complexity index is 559. The lowest BCUT2D eigenvalue weighted by Crippen LogP contribution is -1.99. The number of rotatable bonds is 5. The van der Waals surface area contributed by atoms with Gasteiger partial charge in [0.15, 0.2) is 4.88 Å². The molecule has 96 valence electrons. The summed E-state index contributed by atoms with van der Waals surface area (Å²) in [6.07, 6.45) is 0.810. The van der Waals surface area contributed by atoms with Gasteiger partial charge in [0.1, 0.15) is 17.4 Å². The van der Waals surface area contributed by atoms with Crippen LogP contribution in [0.4, 0.5) is 0 Å². The van der Waals surface area contributed by atoms with Crippen molar-refractivity contribution in [2.24, 2.45) is 0 Å². The highest BCUT2D eigenvalue weighted by molar-refractivity contribution is 7.14. The van der Waals surface area contributed by atoms with Crippen molar-refractivity contribution >= 4 is 28.6 Å². The molecule has 0 aromatic carbocycles. The maximum Gasteiger partial charge on any atom is 0.349 e. The van der Waals surface area contributed by atoms with Crippen LogP contribution >= 0.6 is 22.7 Å². The van der Waals surface area contributed by atoms with Crippen molar-refractivity contribution in [2.45, 2.75) is 26.9 Å². The molecule has 0 atom stereocenters. The molecular formula is C12H13NO3S2. The number of aromatic carboxylic acids is 1. The molecule has 0 unspecified atom stereocenters. The van der Waals surface area contributed by atoms with Gasteiger partial charge in [-0.1, -0.05) is 6.92 Å². The minimum absolute atomic E-state index is 0.264. The third-order valence-electron chi connectivity index (χ3n) is 2.31. The van der Waals surface area contributed by atoms with Gasteiger partial charge in [0.2, 0.25) is 0 Å². The van der Waals surface area contributed by atoms with Crippen LogP contribution in [0.3, 0.4) is 0 Å². The van der Waals surface area contributed by atoms with Crippen LogP contribution in [0.1, 0.15) is 32.2 Å². The van der Waals surface area contributed by atoms with E-state index < -0.39 is 5.97 Å². The summed E-state index contributed by atoms with van der Waals surface area (Å²) in [4.78, 5) is 16.6. The lowest BCUT2D eigenvalue weighted by atomic mass is 10.3. The predicted octanol–water partition coefficient (Wildman–Crippen LogP) is 3.35. The Morgan fingerprint density at radius 1 is 1.56 bits per heavy atom. The Labute approximate surface area is 113 Å². The first kappa shape index (κ1) is 13.0. The van der Waals surface area contributed by atoms with E-state index in [-0.39, 0.29) is 4.88 Å². The summed E-state index contributed by atoms with van der Waals surface area (Å²) in [6, 6.07) is 1.80. The van der Waals surface area contributed by atoms with E-state index in [2.05, 4.69) is 4.98 Å². The number of carbonyl (C=O) groups is 1. The predicted molar refractivity (Wildman–Crippen MR) is 71.8 cm³/mol. The van der Waals surface area contributed by atoms with Gasteiger partial charge in [-0.05, 0) is 19.4 Å². The van der Waals surface area contributed by atoms with Crippen molar-refractivity contribution in [3.05, 3.63) is 31.9 Å². The van der Waals surface area contributed by atoms with Crippen LogP contribution in [-0.4, -0.2) is 16.1 Å². The largest absolute Gasteiger partial charge is 0.485 e. The van der Waals surface area contributed by atoms with Gasteiger partial charge >= 0.3 is 5.97 Å². The Balaban J connectivity index is 2.12. The zero-order chi connectivity index (χ0) is 13.1. The van der Waals surface area contributed by atoms with Gasteiger partial charge in [-0.2, -0.15) is 0 Å². The molecule has 1 N–H and O–H groups in total. The normalized spacial score (nSPS) is 10.6. The summed E-state index contributed by atoms with van der Waals surface area (Å²) in [5, 5.41) is 11.9. The Morgan fingerprint density at radius 3 is 2.89 bits per heavy atom. The van der Waals surface area contributed by atoms with Crippen molar-refractivity contribution in [3.8, 4) is 5.75 Å². The summed E-state index contributed by atoms with van der Waals surface area (Å²) < 4.78 is 5.56. The summed E-state index contributed by atoms with van der Waals surface area (Å²) in [6.45, 7) is 4.23. The van der Waals surface area contributed by atoms with Gasteiger partial charge in [0.25, 0.3) is 0 Å². The molecule has 0 radical (unpaired) electrons. The van der Waals surface area contributed by atoms with Crippen LogP contribution in [-0.2, 0) is 13.0 Å². The molecule has 0 spiro atoms. The second kappa shape index (κ2) is 5.49. The first-order chi connectivity index (χ1) is 8.60. The second-order valence-corrected chi connectivity index (χ2v) is 5.82. The number of ether oxygens (including phenoxy) is 1. The molecule has 2 aromatic heterocycles. The van der Waals surface area contributed by atoms with E-state index in [1.807, 2.05) is 19.2 Å². The van der Waals surface area contributed by atoms with Crippen LogP contribution in [0.15, 0.2) is 11.4 Å². The molecule has 0 aliphatic heterocycles. The monoisotopic (exact) mass is 283 g/mol. The zero-order valence-electron chi connectivity index (χ0n) is 10.1. The van der Waals surface area contributed by atoms with Gasteiger partial charge in [-0.25, -0.2) is 9.78 Å². The number of carboxylic acid groups (broad SMARTS) is 1. The molecular weight excluding hydrogens is 270 g/mol. The first-order valence-corrected chi connectivity index (χ1v) is 7.19. The Morgan fingerprint density at radius 2 is 2.33 bits per heavy atom. The quantitative estimate of drug-likeness (QED) is 0.914. The van der Waals surface area contributed by atoms with Gasteiger partial charge in [-0.15, -0.1) is 22.7 Å². The standard InChI is InChI=1S/C12H13NO3S2/c1-3-8-4-9(11(18-8)12(14)15)16-5-10-13-7(2)6-17-10/h4,6H,3,5H2,1-2H3,(H,14,15). The topological polar surface area (TPSA) is 59.4 Å². The third-order valence-corrected chi connectivity index (χ3v) is 4.50. The first-order valence-electron chi connectivity index (χ1n) is 5.50. The Kier molecular flexibility index (Phi) is 3.98. The van der Waals surface area contributed by atoms with Crippen molar-refractivity contribution in [3.63, 3.8) is 0 Å². The molecule has 0 fully saturated rings. The van der Waals surface area contributed by atoms with Crippen molar-refractivity contribution < 1.29 is 14.6 Å². The van der Waals surface area contributed by atoms with E-state index in [0.29, 0.717) is 12.4 Å². The van der Waals surface area contributed by atoms with Crippen LogP contribution < -0.4 is 4.74 Å². The maximum absolute atomic E-state index is 11.1. The molecule has 0 aliphatic carbocycles. The molecule has 18 heavy (non-hydrogen) atoms. The number of aryl methyl sites for hydroxylation is 2. The van der Waals surface area contributed by atoms with Crippen LogP contribution in [0.5, 0.6) is 5.75 Å². The molecule has 6 heteroatoms. The highest BCUT2D eigenvalue weighted by Crippen LogP contribution is 2.30. The summed E-state index contributed by atoms with van der Waals surface area (Å²) in [5.74, 6) is -0.498. The number of aromatic nitrogens is 1. The number of nitrogens with zero attached hydrogens (tertiary/aromatic N) is 1. The molecule has 0 saturated heterocycles. The van der Waals surface area contributed by atoms with Crippen molar-refractivity contribution in [1.82, 2.24) is 4.98 Å². The van der Waals surface area contributed by atoms with Gasteiger partial charge in [0.05, 0.1) is 0 Å². The fourth-order valence-electron chi connectivity index (χ4n) is 1.46. The SMILES string of the molecule is CCc1cc(OCc2nc(C)cs2)c(C(=O)O)s1. The second-order valence-electron chi connectivity index (χ2n) is 3.74. The maximum atomic E-state index is 11.1. The fraction of sp³-hybridized carbons (Fsp3) is 0.333. The van der Waals surface area contributed by atoms with Crippen LogP contribution in [0.2, 0.25) is 0 Å². The third kappa shape index (κ3) is 2.88. The average Bonchev–Trinajstić information content (AvgIpc) is 2.92. The number of hydrogen-bond acceptors (Lipinski definition) is 5. The van der Waals surface area contributed by atoms with Crippen LogP contribution in [0.25, 0.3) is 0 Å². The van der Waals surface area contributed by atoms with Crippen LogP contribution in [0, 0.1) is 6.92 Å². The van der Waals surface area contributed by atoms with E-state index in [0.717, 1.165) is 22.0 Å². The lowest BCUT2D eigenvalue weighted by molar-refractivity contribution is 0.0697. The lowest BCUT2D eigenvalue weighted by Gasteiger charge is -2.02. The van der Waals surface area contributed by atoms with E-state index >= 15 is 0 Å². The summed E-state index contributed by atoms with van der Waals surface area (Å²) in [7, 11) is 0. The van der Waals surface area contributed by atoms with Gasteiger partial charge in [0, 0.05) is 16.0 Å². The number of hydrogen-bond donors (Lipinski definition) is 1. The van der Waals surface area contributed by atoms with E-state index in [1.54, 1.807) is 6.07 Å². The molecule has 2 aromatic rings. The zero-order valence-corrected chi connectivity index (χ0v) is 11.7. The fourth-order valence-corrected chi connectivity index (χ4v) is 3.02. The number of thiophene rings is 1. The molecule has 2 heterocycles. The van der Waals surface area contributed by atoms with E-state index in [1.165, 1.54) is 22.7 Å². The minimum atomic E-state index is -0.940. The van der Waals surface area contributed by atoms with Gasteiger partial charge in [-0.3, -0.25) is 0 Å². The molecule has 0 amide bonds. The molecule has 0 bridgehead atoms. The summed E-state index contributed by atoms with van der Waals surface area (Å²) >= 11 is 2.78. The average molecular weight is 283 g/mol. The van der Waals surface area contributed by atoms with E-state index in [4.69, 9.17) is 9.84 Å². The van der Waals surface area contributed by atoms with Gasteiger partial charge < -0.3 is 9.84 Å². The molecule has 2 rings (SSSR count). The highest BCUT2D eigenvalue weighted by Gasteiger charge is 2.16. The number of thiazole rings is 1. The highest BCUT2D eigenvalue weighted by atomic mass is 32.1. The summed E-state index contributed by atoms with van der Waals surface area (Å²) in [5.41, 5.74) is 0.955. The Hall–Kier alpha value is -1.40. The van der Waals surface area contributed by atoms with Crippen molar-refractivity contribution in [1.29, 1.82) is 0 Å². The number of carboxylic acids is 1. The minimum Gasteiger partial charge on any atom is -0.485 e. The van der Waals surface area contributed by atoms with E-state index in [9.17, 15) is 4.79 Å². The smallest absolute Gasteiger partial charge is 0.349 e. The van der Waals surface area contributed by atoms with Crippen molar-refractivity contribution in [2.75, 3.05) is 0 Å². The molecule has 0 saturated carbocycles. The molecule has 4 nitrogen and oxygen atoms in total.